The van der Waals surface area contributed by atoms with Crippen LogP contribution in [0.3, 0.4) is 0 Å². The molecule has 1 unspecified atom stereocenters. The third kappa shape index (κ3) is 4.26. The van der Waals surface area contributed by atoms with E-state index < -0.39 is 0 Å². The number of amides is 1. The first-order chi connectivity index (χ1) is 11.6. The molecule has 3 rings (SSSR count). The van der Waals surface area contributed by atoms with Crippen LogP contribution < -0.4 is 10.6 Å². The number of nitrogens with zero attached hydrogens (tertiary/aromatic N) is 2. The Morgan fingerprint density at radius 3 is 2.83 bits per heavy atom. The third-order valence-electron chi connectivity index (χ3n) is 3.70. The molecule has 1 aromatic heterocycles. The largest absolute Gasteiger partial charge is 0.376 e. The smallest absolute Gasteiger partial charge is 0.270 e. The molecular formula is C17H19FN4O2. The third-order valence-corrected chi connectivity index (χ3v) is 3.70. The molecule has 2 N–H and O–H groups in total. The molecular weight excluding hydrogens is 311 g/mol. The molecule has 1 atom stereocenters. The number of carbonyl (C=O) groups is 1. The first-order valence-corrected chi connectivity index (χ1v) is 7.88. The van der Waals surface area contributed by atoms with Crippen molar-refractivity contribution in [2.75, 3.05) is 18.5 Å². The van der Waals surface area contributed by atoms with E-state index >= 15 is 0 Å². The van der Waals surface area contributed by atoms with Crippen LogP contribution in [0.25, 0.3) is 0 Å². The number of hydrogen-bond acceptors (Lipinski definition) is 5. The molecule has 7 heteroatoms. The van der Waals surface area contributed by atoms with Gasteiger partial charge in [0, 0.05) is 24.5 Å². The number of aryl methyl sites for hydroxylation is 1. The van der Waals surface area contributed by atoms with Crippen molar-refractivity contribution in [2.24, 2.45) is 0 Å². The molecule has 0 bridgehead atoms. The van der Waals surface area contributed by atoms with E-state index in [9.17, 15) is 9.18 Å². The van der Waals surface area contributed by atoms with Gasteiger partial charge in [-0.1, -0.05) is 0 Å². The van der Waals surface area contributed by atoms with Crippen molar-refractivity contribution in [3.8, 4) is 0 Å². The number of ether oxygens (including phenoxy) is 1. The highest BCUT2D eigenvalue weighted by molar-refractivity contribution is 5.92. The van der Waals surface area contributed by atoms with E-state index in [4.69, 9.17) is 4.74 Å². The van der Waals surface area contributed by atoms with Crippen LogP contribution in [0.15, 0.2) is 30.3 Å². The first-order valence-electron chi connectivity index (χ1n) is 7.88. The molecule has 1 fully saturated rings. The fourth-order valence-corrected chi connectivity index (χ4v) is 2.51. The van der Waals surface area contributed by atoms with E-state index in [-0.39, 0.29) is 23.5 Å². The molecule has 1 saturated heterocycles. The molecule has 1 aliphatic rings. The topological polar surface area (TPSA) is 76.1 Å². The Labute approximate surface area is 139 Å². The molecule has 1 amide bonds. The van der Waals surface area contributed by atoms with Crippen molar-refractivity contribution in [2.45, 2.75) is 25.9 Å². The first kappa shape index (κ1) is 16.3. The van der Waals surface area contributed by atoms with Crippen LogP contribution >= 0.6 is 0 Å². The Morgan fingerprint density at radius 2 is 2.12 bits per heavy atom. The molecule has 1 aliphatic heterocycles. The SMILES string of the molecule is Cc1cc(C(=O)NCC2CCCO2)nc(Nc2ccc(F)cc2)n1. The average Bonchev–Trinajstić information content (AvgIpc) is 3.08. The fourth-order valence-electron chi connectivity index (χ4n) is 2.51. The van der Waals surface area contributed by atoms with Gasteiger partial charge in [0.15, 0.2) is 0 Å². The number of aromatic nitrogens is 2. The molecule has 6 nitrogen and oxygen atoms in total. The molecule has 0 saturated carbocycles. The zero-order chi connectivity index (χ0) is 16.9. The van der Waals surface area contributed by atoms with Gasteiger partial charge < -0.3 is 15.4 Å². The van der Waals surface area contributed by atoms with Gasteiger partial charge in [-0.15, -0.1) is 0 Å². The lowest BCUT2D eigenvalue weighted by Crippen LogP contribution is -2.32. The normalized spacial score (nSPS) is 16.8. The van der Waals surface area contributed by atoms with Crippen molar-refractivity contribution in [3.63, 3.8) is 0 Å². The van der Waals surface area contributed by atoms with E-state index in [1.54, 1.807) is 25.1 Å². The van der Waals surface area contributed by atoms with Crippen molar-refractivity contribution >= 4 is 17.5 Å². The summed E-state index contributed by atoms with van der Waals surface area (Å²) in [4.78, 5) is 20.7. The minimum Gasteiger partial charge on any atom is -0.376 e. The standard InChI is InChI=1S/C17H19FN4O2/c1-11-9-15(16(23)19-10-14-3-2-8-24-14)22-17(20-11)21-13-6-4-12(18)5-7-13/h4-7,9,14H,2-3,8,10H2,1H3,(H,19,23)(H,20,21,22). The van der Waals surface area contributed by atoms with Crippen LogP contribution in [0.1, 0.15) is 29.0 Å². The van der Waals surface area contributed by atoms with Crippen LogP contribution in [0.2, 0.25) is 0 Å². The van der Waals surface area contributed by atoms with Gasteiger partial charge in [-0.05, 0) is 50.1 Å². The van der Waals surface area contributed by atoms with Gasteiger partial charge in [-0.3, -0.25) is 4.79 Å². The summed E-state index contributed by atoms with van der Waals surface area (Å²) < 4.78 is 18.4. The van der Waals surface area contributed by atoms with Gasteiger partial charge >= 0.3 is 0 Å². The zero-order valence-corrected chi connectivity index (χ0v) is 13.4. The molecule has 24 heavy (non-hydrogen) atoms. The second kappa shape index (κ2) is 7.35. The summed E-state index contributed by atoms with van der Waals surface area (Å²) in [5, 5.41) is 5.81. The van der Waals surface area contributed by atoms with E-state index in [1.807, 2.05) is 0 Å². The summed E-state index contributed by atoms with van der Waals surface area (Å²) in [6.07, 6.45) is 2.06. The van der Waals surface area contributed by atoms with Crippen LogP contribution in [-0.2, 0) is 4.74 Å². The van der Waals surface area contributed by atoms with Crippen molar-refractivity contribution in [1.29, 1.82) is 0 Å². The Bertz CT molecular complexity index is 715. The summed E-state index contributed by atoms with van der Waals surface area (Å²) in [5.41, 5.74) is 1.59. The number of hydrogen-bond donors (Lipinski definition) is 2. The second-order valence-electron chi connectivity index (χ2n) is 5.70. The second-order valence-corrected chi connectivity index (χ2v) is 5.70. The van der Waals surface area contributed by atoms with E-state index in [1.165, 1.54) is 12.1 Å². The minimum absolute atomic E-state index is 0.0775. The molecule has 1 aromatic carbocycles. The van der Waals surface area contributed by atoms with Gasteiger partial charge in [0.25, 0.3) is 5.91 Å². The van der Waals surface area contributed by atoms with Gasteiger partial charge in [0.2, 0.25) is 5.95 Å². The predicted octanol–water partition coefficient (Wildman–Crippen LogP) is 2.58. The van der Waals surface area contributed by atoms with E-state index in [2.05, 4.69) is 20.6 Å². The maximum absolute atomic E-state index is 13.0. The highest BCUT2D eigenvalue weighted by Gasteiger charge is 2.17. The van der Waals surface area contributed by atoms with Gasteiger partial charge in [0.05, 0.1) is 6.10 Å². The molecule has 0 aliphatic carbocycles. The average molecular weight is 330 g/mol. The van der Waals surface area contributed by atoms with Gasteiger partial charge in [-0.25, -0.2) is 14.4 Å². The number of halogens is 1. The van der Waals surface area contributed by atoms with E-state index in [0.29, 0.717) is 23.9 Å². The van der Waals surface area contributed by atoms with Crippen LogP contribution in [0.5, 0.6) is 0 Å². The molecule has 2 heterocycles. The monoisotopic (exact) mass is 330 g/mol. The van der Waals surface area contributed by atoms with Crippen LogP contribution in [0.4, 0.5) is 16.0 Å². The van der Waals surface area contributed by atoms with Crippen molar-refractivity contribution < 1.29 is 13.9 Å². The Hall–Kier alpha value is -2.54. The zero-order valence-electron chi connectivity index (χ0n) is 13.4. The maximum atomic E-state index is 13.0. The maximum Gasteiger partial charge on any atom is 0.270 e. The summed E-state index contributed by atoms with van der Waals surface area (Å²) in [6, 6.07) is 7.47. The fraction of sp³-hybridized carbons (Fsp3) is 0.353. The lowest BCUT2D eigenvalue weighted by Gasteiger charge is -2.11. The molecule has 0 spiro atoms. The van der Waals surface area contributed by atoms with Gasteiger partial charge in [0.1, 0.15) is 11.5 Å². The van der Waals surface area contributed by atoms with Crippen LogP contribution in [-0.4, -0.2) is 35.1 Å². The number of carbonyl (C=O) groups excluding carboxylic acids is 1. The number of nitrogens with one attached hydrogen (secondary N) is 2. The Balaban J connectivity index is 1.68. The minimum atomic E-state index is -0.320. The lowest BCUT2D eigenvalue weighted by molar-refractivity contribution is 0.0853. The number of anilines is 2. The Morgan fingerprint density at radius 1 is 1.33 bits per heavy atom. The van der Waals surface area contributed by atoms with Gasteiger partial charge in [-0.2, -0.15) is 0 Å². The quantitative estimate of drug-likeness (QED) is 0.881. The van der Waals surface area contributed by atoms with Crippen molar-refractivity contribution in [3.05, 3.63) is 47.5 Å². The highest BCUT2D eigenvalue weighted by Crippen LogP contribution is 2.15. The summed E-state index contributed by atoms with van der Waals surface area (Å²) in [7, 11) is 0. The summed E-state index contributed by atoms with van der Waals surface area (Å²) >= 11 is 0. The Kier molecular flexibility index (Phi) is 5.00. The van der Waals surface area contributed by atoms with Crippen molar-refractivity contribution in [1.82, 2.24) is 15.3 Å². The lowest BCUT2D eigenvalue weighted by atomic mass is 10.2. The molecule has 0 radical (unpaired) electrons. The summed E-state index contributed by atoms with van der Waals surface area (Å²) in [6.45, 7) is 3.01. The number of rotatable bonds is 5. The predicted molar refractivity (Wildman–Crippen MR) is 87.8 cm³/mol. The highest BCUT2D eigenvalue weighted by atomic mass is 19.1. The molecule has 2 aromatic rings. The summed E-state index contributed by atoms with van der Waals surface area (Å²) in [5.74, 6) is -0.290. The number of benzene rings is 1. The van der Waals surface area contributed by atoms with E-state index in [0.717, 1.165) is 19.4 Å². The van der Waals surface area contributed by atoms with Crippen LogP contribution in [0, 0.1) is 12.7 Å². The molecule has 126 valence electrons.